The van der Waals surface area contributed by atoms with Gasteiger partial charge in [0.25, 0.3) is 0 Å². The highest BCUT2D eigenvalue weighted by Gasteiger charge is 2.35. The number of Topliss-reactive ketones (excluding diaryl/α,β-unsaturated/α-hetero) is 1. The molecule has 2 nitrogen and oxygen atoms in total. The molecule has 2 aliphatic heterocycles. The van der Waals surface area contributed by atoms with E-state index < -0.39 is 0 Å². The fraction of sp³-hybridized carbons (Fsp3) is 0.588. The van der Waals surface area contributed by atoms with Gasteiger partial charge in [0.15, 0.2) is 5.78 Å². The summed E-state index contributed by atoms with van der Waals surface area (Å²) < 4.78 is 5.43. The molecular weight excluding hydrogens is 268 g/mol. The van der Waals surface area contributed by atoms with Crippen LogP contribution in [-0.4, -0.2) is 22.9 Å². The van der Waals surface area contributed by atoms with E-state index >= 15 is 0 Å². The molecule has 2 saturated heterocycles. The van der Waals surface area contributed by atoms with E-state index in [2.05, 4.69) is 11.8 Å². The van der Waals surface area contributed by atoms with Gasteiger partial charge in [0.1, 0.15) is 5.75 Å². The fourth-order valence-corrected chi connectivity index (χ4v) is 5.23. The van der Waals surface area contributed by atoms with E-state index in [4.69, 9.17) is 4.74 Å². The zero-order valence-corrected chi connectivity index (χ0v) is 12.8. The van der Waals surface area contributed by atoms with E-state index in [0.717, 1.165) is 34.7 Å². The van der Waals surface area contributed by atoms with Crippen LogP contribution in [0.15, 0.2) is 24.3 Å². The first-order valence-electron chi connectivity index (χ1n) is 7.68. The van der Waals surface area contributed by atoms with Gasteiger partial charge in [0, 0.05) is 22.0 Å². The van der Waals surface area contributed by atoms with Crippen molar-refractivity contribution in [2.45, 2.75) is 49.5 Å². The molecule has 0 aliphatic carbocycles. The molecule has 0 N–H and O–H groups in total. The zero-order valence-electron chi connectivity index (χ0n) is 12.0. The van der Waals surface area contributed by atoms with Crippen LogP contribution in [0.4, 0.5) is 0 Å². The number of ketones is 1. The molecule has 3 heteroatoms. The van der Waals surface area contributed by atoms with Crippen LogP contribution in [0.2, 0.25) is 0 Å². The Kier molecular flexibility index (Phi) is 4.35. The second-order valence-corrected chi connectivity index (χ2v) is 7.41. The lowest BCUT2D eigenvalue weighted by atomic mass is 9.84. The second-order valence-electron chi connectivity index (χ2n) is 5.80. The topological polar surface area (TPSA) is 26.3 Å². The van der Waals surface area contributed by atoms with Crippen LogP contribution < -0.4 is 4.74 Å². The summed E-state index contributed by atoms with van der Waals surface area (Å²) in [6.45, 7) is 2.63. The number of benzene rings is 1. The largest absolute Gasteiger partial charge is 0.494 e. The molecule has 2 aliphatic rings. The summed E-state index contributed by atoms with van der Waals surface area (Å²) in [5.74, 6) is 1.43. The summed E-state index contributed by atoms with van der Waals surface area (Å²) in [4.78, 5) is 12.6. The Hall–Kier alpha value is -0.960. The van der Waals surface area contributed by atoms with Crippen molar-refractivity contribution < 1.29 is 9.53 Å². The molecule has 0 radical (unpaired) electrons. The van der Waals surface area contributed by atoms with Gasteiger partial charge in [-0.2, -0.15) is 11.8 Å². The Labute approximate surface area is 125 Å². The Morgan fingerprint density at radius 1 is 1.20 bits per heavy atom. The molecule has 0 aromatic heterocycles. The maximum absolute atomic E-state index is 12.6. The third kappa shape index (κ3) is 3.03. The lowest BCUT2D eigenvalue weighted by Gasteiger charge is -2.37. The van der Waals surface area contributed by atoms with Gasteiger partial charge in [-0.1, -0.05) is 6.42 Å². The minimum absolute atomic E-state index is 0.240. The van der Waals surface area contributed by atoms with Crippen LogP contribution in [-0.2, 0) is 0 Å². The van der Waals surface area contributed by atoms with Gasteiger partial charge in [0.05, 0.1) is 6.61 Å². The smallest absolute Gasteiger partial charge is 0.166 e. The summed E-state index contributed by atoms with van der Waals surface area (Å²) in [5.41, 5.74) is 0.850. The van der Waals surface area contributed by atoms with Crippen LogP contribution in [0.1, 0.15) is 49.4 Å². The molecule has 0 spiro atoms. The predicted octanol–water partition coefficient (Wildman–Crippen LogP) is 4.33. The van der Waals surface area contributed by atoms with Crippen molar-refractivity contribution in [3.05, 3.63) is 29.8 Å². The van der Waals surface area contributed by atoms with Gasteiger partial charge in [-0.3, -0.25) is 4.79 Å². The summed E-state index contributed by atoms with van der Waals surface area (Å²) in [5, 5.41) is 1.44. The molecule has 108 valence electrons. The zero-order chi connectivity index (χ0) is 13.9. The highest BCUT2D eigenvalue weighted by atomic mass is 32.2. The second kappa shape index (κ2) is 6.21. The average molecular weight is 290 g/mol. The van der Waals surface area contributed by atoms with E-state index in [-0.39, 0.29) is 5.92 Å². The van der Waals surface area contributed by atoms with Gasteiger partial charge in [-0.25, -0.2) is 0 Å². The Morgan fingerprint density at radius 3 is 2.45 bits per heavy atom. The lowest BCUT2D eigenvalue weighted by Crippen LogP contribution is -2.32. The van der Waals surface area contributed by atoms with E-state index in [9.17, 15) is 4.79 Å². The third-order valence-corrected chi connectivity index (χ3v) is 5.98. The Morgan fingerprint density at radius 2 is 1.85 bits per heavy atom. The molecule has 2 heterocycles. The number of fused-ring (bicyclic) bond motifs is 2. The van der Waals surface area contributed by atoms with Gasteiger partial charge < -0.3 is 4.74 Å². The molecule has 2 atom stereocenters. The normalized spacial score (nSPS) is 28.9. The summed E-state index contributed by atoms with van der Waals surface area (Å²) in [6.07, 6.45) is 6.11. The first-order chi connectivity index (χ1) is 9.76. The van der Waals surface area contributed by atoms with Crippen molar-refractivity contribution in [3.8, 4) is 5.75 Å². The minimum atomic E-state index is 0.240. The predicted molar refractivity (Wildman–Crippen MR) is 83.7 cm³/mol. The molecule has 2 fully saturated rings. The van der Waals surface area contributed by atoms with Crippen molar-refractivity contribution in [2.24, 2.45) is 5.92 Å². The molecule has 2 unspecified atom stereocenters. The molecule has 1 aromatic carbocycles. The number of thioether (sulfide) groups is 1. The summed E-state index contributed by atoms with van der Waals surface area (Å²) in [7, 11) is 0. The SMILES string of the molecule is CCOc1ccc(C(=O)C2CC3CCCC(C2)S3)cc1. The Bertz CT molecular complexity index is 456. The average Bonchev–Trinajstić information content (AvgIpc) is 2.47. The third-order valence-electron chi connectivity index (χ3n) is 4.35. The molecule has 20 heavy (non-hydrogen) atoms. The van der Waals surface area contributed by atoms with Crippen molar-refractivity contribution in [2.75, 3.05) is 6.61 Å². The van der Waals surface area contributed by atoms with E-state index in [1.54, 1.807) is 0 Å². The van der Waals surface area contributed by atoms with Crippen molar-refractivity contribution in [3.63, 3.8) is 0 Å². The maximum Gasteiger partial charge on any atom is 0.166 e. The quantitative estimate of drug-likeness (QED) is 0.772. The number of hydrogen-bond acceptors (Lipinski definition) is 3. The first-order valence-corrected chi connectivity index (χ1v) is 8.63. The molecule has 2 bridgehead atoms. The molecule has 0 saturated carbocycles. The lowest BCUT2D eigenvalue weighted by molar-refractivity contribution is 0.0896. The molecule has 1 aromatic rings. The highest BCUT2D eigenvalue weighted by Crippen LogP contribution is 2.44. The van der Waals surface area contributed by atoms with Crippen LogP contribution in [0.5, 0.6) is 5.75 Å². The first kappa shape index (κ1) is 14.0. The van der Waals surface area contributed by atoms with Crippen molar-refractivity contribution >= 4 is 17.5 Å². The maximum atomic E-state index is 12.6. The van der Waals surface area contributed by atoms with Gasteiger partial charge in [0.2, 0.25) is 0 Å². The summed E-state index contributed by atoms with van der Waals surface area (Å²) in [6, 6.07) is 7.67. The number of ether oxygens (including phenoxy) is 1. The van der Waals surface area contributed by atoms with Gasteiger partial charge in [-0.05, 0) is 56.9 Å². The standard InChI is InChI=1S/C17H22O2S/c1-2-19-14-8-6-12(7-9-14)17(18)13-10-15-4-3-5-16(11-13)20-15/h6-9,13,15-16H,2-5,10-11H2,1H3. The van der Waals surface area contributed by atoms with E-state index in [1.165, 1.54) is 19.3 Å². The number of carbonyl (C=O) groups excluding carboxylic acids is 1. The van der Waals surface area contributed by atoms with Crippen molar-refractivity contribution in [1.29, 1.82) is 0 Å². The van der Waals surface area contributed by atoms with Crippen LogP contribution in [0, 0.1) is 5.92 Å². The number of carbonyl (C=O) groups is 1. The van der Waals surface area contributed by atoms with E-state index in [1.807, 2.05) is 31.2 Å². The molecular formula is C17H22O2S. The molecule has 3 rings (SSSR count). The highest BCUT2D eigenvalue weighted by molar-refractivity contribution is 8.00. The summed E-state index contributed by atoms with van der Waals surface area (Å²) >= 11 is 2.13. The number of hydrogen-bond donors (Lipinski definition) is 0. The van der Waals surface area contributed by atoms with E-state index in [0.29, 0.717) is 12.4 Å². The van der Waals surface area contributed by atoms with Crippen LogP contribution in [0.25, 0.3) is 0 Å². The van der Waals surface area contributed by atoms with Crippen LogP contribution in [0.3, 0.4) is 0 Å². The van der Waals surface area contributed by atoms with Gasteiger partial charge >= 0.3 is 0 Å². The van der Waals surface area contributed by atoms with Gasteiger partial charge in [-0.15, -0.1) is 0 Å². The number of rotatable bonds is 4. The van der Waals surface area contributed by atoms with Crippen molar-refractivity contribution in [1.82, 2.24) is 0 Å². The monoisotopic (exact) mass is 290 g/mol. The minimum Gasteiger partial charge on any atom is -0.494 e. The Balaban J connectivity index is 1.68. The van der Waals surface area contributed by atoms with Crippen LogP contribution >= 0.6 is 11.8 Å². The molecule has 0 amide bonds. The fourth-order valence-electron chi connectivity index (χ4n) is 3.39.